The fourth-order valence-corrected chi connectivity index (χ4v) is 1.36. The minimum Gasteiger partial charge on any atom is -0.185 e. The van der Waals surface area contributed by atoms with Crippen LogP contribution in [-0.4, -0.2) is 0 Å². The molecule has 0 aliphatic rings. The van der Waals surface area contributed by atoms with E-state index in [1.807, 2.05) is 26.0 Å². The molecule has 0 aromatic heterocycles. The van der Waals surface area contributed by atoms with E-state index < -0.39 is 0 Å². The molecule has 0 fully saturated rings. The summed E-state index contributed by atoms with van der Waals surface area (Å²) in [6.07, 6.45) is 0. The summed E-state index contributed by atoms with van der Waals surface area (Å²) in [6, 6.07) is 6.96. The quantitative estimate of drug-likeness (QED) is 0.468. The monoisotopic (exact) mass is 162 g/mol. The summed E-state index contributed by atoms with van der Waals surface area (Å²) in [5.41, 5.74) is 2.19. The molecule has 0 bridgehead atoms. The summed E-state index contributed by atoms with van der Waals surface area (Å²) < 4.78 is 0. The van der Waals surface area contributed by atoms with Crippen LogP contribution in [0.4, 0.5) is 0 Å². The van der Waals surface area contributed by atoms with E-state index in [0.29, 0.717) is 0 Å². The molecule has 0 aliphatic carbocycles. The smallest absolute Gasteiger partial charge is 0.138 e. The maximum Gasteiger partial charge on any atom is 0.138 e. The average molecular weight is 162 g/mol. The summed E-state index contributed by atoms with van der Waals surface area (Å²) >= 11 is 1.20. The van der Waals surface area contributed by atoms with E-state index in [9.17, 15) is 0 Å². The van der Waals surface area contributed by atoms with Gasteiger partial charge in [0.25, 0.3) is 0 Å². The topological polar surface area (TPSA) is 23.8 Å². The molecule has 0 amide bonds. The van der Waals surface area contributed by atoms with E-state index >= 15 is 0 Å². The fraction of sp³-hybridized carbons (Fsp3) is 0.222. The minimum atomic E-state index is 1.03. The van der Waals surface area contributed by atoms with Crippen LogP contribution in [0.25, 0.3) is 0 Å². The molecule has 1 aromatic carbocycles. The number of aryl methyl sites for hydroxylation is 2. The van der Waals surface area contributed by atoms with Gasteiger partial charge in [-0.2, -0.15) is 5.26 Å². The number of thioether (sulfide) groups is 1. The summed E-state index contributed by atoms with van der Waals surface area (Å²) in [4.78, 5) is 1.03. The Morgan fingerprint density at radius 1 is 1.55 bits per heavy atom. The number of nitrogens with zero attached hydrogens (tertiary/aromatic N) is 1. The number of thiocyanates is 1. The van der Waals surface area contributed by atoms with Crippen molar-refractivity contribution < 1.29 is 0 Å². The normalized spacial score (nSPS) is 9.18. The zero-order valence-corrected chi connectivity index (χ0v) is 7.33. The maximum absolute atomic E-state index is 8.44. The van der Waals surface area contributed by atoms with Gasteiger partial charge in [0.15, 0.2) is 0 Å². The van der Waals surface area contributed by atoms with Gasteiger partial charge in [-0.3, -0.25) is 0 Å². The Kier molecular flexibility index (Phi) is 2.56. The molecule has 0 heterocycles. The molecule has 55 valence electrons. The summed E-state index contributed by atoms with van der Waals surface area (Å²) in [7, 11) is 0. The molecule has 0 unspecified atom stereocenters. The first-order chi connectivity index (χ1) is 5.24. The number of rotatable bonds is 1. The second-order valence-electron chi connectivity index (χ2n) is 2.36. The minimum absolute atomic E-state index is 1.03. The molecule has 2 heteroatoms. The SMILES string of the molecule is Cc1[c]cc(C)c(SC#N)c1. The molecule has 0 saturated carbocycles. The average Bonchev–Trinajstić information content (AvgIpc) is 1.98. The summed E-state index contributed by atoms with van der Waals surface area (Å²) in [5.74, 6) is 0. The lowest BCUT2D eigenvalue weighted by molar-refractivity contribution is 1.26. The van der Waals surface area contributed by atoms with Gasteiger partial charge >= 0.3 is 0 Å². The second-order valence-corrected chi connectivity index (χ2v) is 3.18. The van der Waals surface area contributed by atoms with E-state index in [0.717, 1.165) is 16.0 Å². The van der Waals surface area contributed by atoms with E-state index in [-0.39, 0.29) is 0 Å². The molecule has 1 nitrogen and oxygen atoms in total. The lowest BCUT2D eigenvalue weighted by Gasteiger charge is -1.99. The number of benzene rings is 1. The van der Waals surface area contributed by atoms with Crippen molar-refractivity contribution >= 4 is 11.8 Å². The highest BCUT2D eigenvalue weighted by atomic mass is 32.2. The second kappa shape index (κ2) is 3.45. The van der Waals surface area contributed by atoms with Gasteiger partial charge in [0, 0.05) is 4.90 Å². The van der Waals surface area contributed by atoms with Crippen molar-refractivity contribution in [3.8, 4) is 5.40 Å². The van der Waals surface area contributed by atoms with Crippen molar-refractivity contribution in [2.75, 3.05) is 0 Å². The van der Waals surface area contributed by atoms with Gasteiger partial charge in [-0.15, -0.1) is 0 Å². The third kappa shape index (κ3) is 1.99. The molecule has 0 saturated heterocycles. The predicted molar refractivity (Wildman–Crippen MR) is 46.2 cm³/mol. The number of nitriles is 1. The van der Waals surface area contributed by atoms with Crippen molar-refractivity contribution in [2.45, 2.75) is 18.7 Å². The molecule has 0 aliphatic heterocycles. The Hall–Kier alpha value is -0.940. The van der Waals surface area contributed by atoms with Gasteiger partial charge in [0.1, 0.15) is 5.40 Å². The first-order valence-corrected chi connectivity index (χ1v) is 4.10. The fourth-order valence-electron chi connectivity index (χ4n) is 0.804. The molecule has 1 radical (unpaired) electrons. The van der Waals surface area contributed by atoms with Crippen molar-refractivity contribution in [2.24, 2.45) is 0 Å². The Morgan fingerprint density at radius 3 is 2.91 bits per heavy atom. The zero-order valence-electron chi connectivity index (χ0n) is 6.51. The van der Waals surface area contributed by atoms with Crippen LogP contribution in [0.5, 0.6) is 0 Å². The summed E-state index contributed by atoms with van der Waals surface area (Å²) in [5, 5.41) is 10.5. The van der Waals surface area contributed by atoms with E-state index in [1.54, 1.807) is 0 Å². The molecule has 11 heavy (non-hydrogen) atoms. The van der Waals surface area contributed by atoms with Crippen LogP contribution in [0.2, 0.25) is 0 Å². The third-order valence-electron chi connectivity index (χ3n) is 1.41. The van der Waals surface area contributed by atoms with Crippen molar-refractivity contribution in [1.82, 2.24) is 0 Å². The van der Waals surface area contributed by atoms with Crippen LogP contribution >= 0.6 is 11.8 Å². The molecule has 1 aromatic rings. The maximum atomic E-state index is 8.44. The Bertz CT molecular complexity index is 299. The van der Waals surface area contributed by atoms with Gasteiger partial charge in [0.05, 0.1) is 0 Å². The number of hydrogen-bond donors (Lipinski definition) is 0. The standard InChI is InChI=1S/C9H8NS/c1-7-3-4-8(2)9(5-7)11-6-10/h4-5H,1-2H3. The van der Waals surface area contributed by atoms with Crippen molar-refractivity contribution in [3.05, 3.63) is 29.3 Å². The number of hydrogen-bond acceptors (Lipinski definition) is 2. The highest BCUT2D eigenvalue weighted by Crippen LogP contribution is 2.21. The highest BCUT2D eigenvalue weighted by molar-refractivity contribution is 8.03. The Morgan fingerprint density at radius 2 is 2.27 bits per heavy atom. The van der Waals surface area contributed by atoms with Crippen LogP contribution < -0.4 is 0 Å². The molecule has 0 spiro atoms. The zero-order chi connectivity index (χ0) is 8.27. The third-order valence-corrected chi connectivity index (χ3v) is 2.16. The molecule has 1 rings (SSSR count). The largest absolute Gasteiger partial charge is 0.185 e. The van der Waals surface area contributed by atoms with Crippen LogP contribution in [0, 0.1) is 30.6 Å². The van der Waals surface area contributed by atoms with Gasteiger partial charge < -0.3 is 0 Å². The van der Waals surface area contributed by atoms with Gasteiger partial charge in [-0.1, -0.05) is 6.07 Å². The van der Waals surface area contributed by atoms with Crippen molar-refractivity contribution in [1.29, 1.82) is 5.26 Å². The Balaban J connectivity index is 3.05. The van der Waals surface area contributed by atoms with Crippen LogP contribution in [0.15, 0.2) is 17.0 Å². The van der Waals surface area contributed by atoms with Gasteiger partial charge in [0.2, 0.25) is 0 Å². The van der Waals surface area contributed by atoms with Crippen LogP contribution in [0.3, 0.4) is 0 Å². The lowest BCUT2D eigenvalue weighted by atomic mass is 10.2. The molecular weight excluding hydrogens is 154 g/mol. The molecule has 0 N–H and O–H groups in total. The van der Waals surface area contributed by atoms with Gasteiger partial charge in [-0.05, 0) is 48.9 Å². The van der Waals surface area contributed by atoms with Crippen LogP contribution in [0.1, 0.15) is 11.1 Å². The molecular formula is C9H8NS. The lowest BCUT2D eigenvalue weighted by Crippen LogP contribution is -1.79. The first-order valence-electron chi connectivity index (χ1n) is 3.29. The van der Waals surface area contributed by atoms with Crippen molar-refractivity contribution in [3.63, 3.8) is 0 Å². The van der Waals surface area contributed by atoms with Crippen LogP contribution in [-0.2, 0) is 0 Å². The van der Waals surface area contributed by atoms with E-state index in [2.05, 4.69) is 11.5 Å². The van der Waals surface area contributed by atoms with E-state index in [1.165, 1.54) is 11.8 Å². The molecule has 0 atom stereocenters. The highest BCUT2D eigenvalue weighted by Gasteiger charge is 1.97. The predicted octanol–water partition coefficient (Wildman–Crippen LogP) is 2.68. The van der Waals surface area contributed by atoms with E-state index in [4.69, 9.17) is 5.26 Å². The Labute approximate surface area is 71.0 Å². The summed E-state index contributed by atoms with van der Waals surface area (Å²) in [6.45, 7) is 3.95. The van der Waals surface area contributed by atoms with Gasteiger partial charge in [-0.25, -0.2) is 0 Å². The first kappa shape index (κ1) is 8.16.